The van der Waals surface area contributed by atoms with Gasteiger partial charge in [-0.2, -0.15) is 0 Å². The molecule has 21 heavy (non-hydrogen) atoms. The van der Waals surface area contributed by atoms with Crippen LogP contribution in [0.5, 0.6) is 0 Å². The summed E-state index contributed by atoms with van der Waals surface area (Å²) in [6, 6.07) is 0. The van der Waals surface area contributed by atoms with E-state index in [9.17, 15) is 9.90 Å². The Labute approximate surface area is 128 Å². The number of fused-ring (bicyclic) bond motifs is 5. The van der Waals surface area contributed by atoms with Crippen LogP contribution in [0.3, 0.4) is 0 Å². The van der Waals surface area contributed by atoms with Crippen molar-refractivity contribution in [2.45, 2.75) is 77.7 Å². The summed E-state index contributed by atoms with van der Waals surface area (Å²) >= 11 is 0. The molecule has 0 aromatic heterocycles. The van der Waals surface area contributed by atoms with Gasteiger partial charge in [-0.25, -0.2) is 0 Å². The average molecular weight is 290 g/mol. The molecule has 0 spiro atoms. The van der Waals surface area contributed by atoms with Crippen LogP contribution < -0.4 is 0 Å². The number of ketones is 1. The van der Waals surface area contributed by atoms with Gasteiger partial charge < -0.3 is 5.11 Å². The fourth-order valence-corrected chi connectivity index (χ4v) is 7.10. The van der Waals surface area contributed by atoms with Crippen molar-refractivity contribution in [2.24, 2.45) is 34.5 Å². The molecule has 0 radical (unpaired) electrons. The summed E-state index contributed by atoms with van der Waals surface area (Å²) in [5.74, 6) is 2.52. The van der Waals surface area contributed by atoms with E-state index < -0.39 is 0 Å². The van der Waals surface area contributed by atoms with Gasteiger partial charge in [0.15, 0.2) is 0 Å². The van der Waals surface area contributed by atoms with E-state index in [2.05, 4.69) is 13.8 Å². The van der Waals surface area contributed by atoms with E-state index in [1.807, 2.05) is 0 Å². The first-order valence-electron chi connectivity index (χ1n) is 9.17. The van der Waals surface area contributed by atoms with Crippen molar-refractivity contribution < 1.29 is 9.90 Å². The third-order valence-electron chi connectivity index (χ3n) is 8.28. The highest BCUT2D eigenvalue weighted by molar-refractivity contribution is 5.83. The lowest BCUT2D eigenvalue weighted by Crippen LogP contribution is -2.59. The van der Waals surface area contributed by atoms with E-state index >= 15 is 0 Å². The Morgan fingerprint density at radius 2 is 1.81 bits per heavy atom. The first-order valence-corrected chi connectivity index (χ1v) is 9.17. The van der Waals surface area contributed by atoms with Crippen molar-refractivity contribution in [3.05, 3.63) is 0 Å². The molecule has 7 atom stereocenters. The number of aliphatic hydroxyl groups excluding tert-OH is 1. The Kier molecular flexibility index (Phi) is 3.10. The van der Waals surface area contributed by atoms with Crippen LogP contribution in [0.4, 0.5) is 0 Å². The van der Waals surface area contributed by atoms with E-state index in [-0.39, 0.29) is 17.4 Å². The largest absolute Gasteiger partial charge is 0.393 e. The second-order valence-corrected chi connectivity index (χ2v) is 9.00. The minimum absolute atomic E-state index is 0.123. The maximum Gasteiger partial charge on any atom is 0.136 e. The molecule has 2 heteroatoms. The molecule has 4 aliphatic carbocycles. The first kappa shape index (κ1) is 14.2. The number of carbonyl (C=O) groups excluding carboxylic acids is 1. The van der Waals surface area contributed by atoms with Gasteiger partial charge in [0, 0.05) is 17.8 Å². The molecule has 4 fully saturated rings. The van der Waals surface area contributed by atoms with Gasteiger partial charge in [-0.1, -0.05) is 26.7 Å². The zero-order valence-electron chi connectivity index (χ0n) is 13.6. The van der Waals surface area contributed by atoms with E-state index in [1.54, 1.807) is 0 Å². The smallest absolute Gasteiger partial charge is 0.136 e. The SMILES string of the molecule is C[C@@]12CCC[C@H]1[C@@H]1CC(=O)[C@H]3CCCC(O)[C@]3(C)[C@H]1CC2. The lowest BCUT2D eigenvalue weighted by molar-refractivity contribution is -0.173. The van der Waals surface area contributed by atoms with E-state index in [1.165, 1.54) is 32.1 Å². The summed E-state index contributed by atoms with van der Waals surface area (Å²) in [5.41, 5.74) is 0.367. The molecule has 1 N–H and O–H groups in total. The molecular weight excluding hydrogens is 260 g/mol. The van der Waals surface area contributed by atoms with Crippen LogP contribution >= 0.6 is 0 Å². The van der Waals surface area contributed by atoms with Crippen LogP contribution in [0.1, 0.15) is 71.6 Å². The zero-order valence-corrected chi connectivity index (χ0v) is 13.6. The molecule has 0 saturated heterocycles. The molecule has 4 saturated carbocycles. The number of aliphatic hydroxyl groups is 1. The third kappa shape index (κ3) is 1.77. The molecule has 1 unspecified atom stereocenters. The van der Waals surface area contributed by atoms with Gasteiger partial charge in [0.25, 0.3) is 0 Å². The molecule has 4 rings (SSSR count). The minimum atomic E-state index is -0.251. The topological polar surface area (TPSA) is 37.3 Å². The van der Waals surface area contributed by atoms with Gasteiger partial charge in [-0.05, 0) is 61.7 Å². The average Bonchev–Trinajstić information content (AvgIpc) is 2.83. The molecule has 118 valence electrons. The number of Topliss-reactive ketones (excluding diaryl/α,β-unsaturated/α-hetero) is 1. The fourth-order valence-electron chi connectivity index (χ4n) is 7.10. The number of rotatable bonds is 0. The van der Waals surface area contributed by atoms with Gasteiger partial charge in [-0.3, -0.25) is 4.79 Å². The molecule has 0 aromatic carbocycles. The van der Waals surface area contributed by atoms with Crippen LogP contribution in [0.25, 0.3) is 0 Å². The molecule has 0 aromatic rings. The Balaban J connectivity index is 1.73. The highest BCUT2D eigenvalue weighted by atomic mass is 16.3. The Hall–Kier alpha value is -0.370. The summed E-state index contributed by atoms with van der Waals surface area (Å²) in [6.07, 6.45) is 10.1. The quantitative estimate of drug-likeness (QED) is 0.733. The first-order chi connectivity index (χ1) is 9.97. The minimum Gasteiger partial charge on any atom is -0.393 e. The standard InChI is InChI=1S/C19H30O2/c1-18-9-4-6-13(18)12-11-16(20)15-5-3-7-17(21)19(15,2)14(12)8-10-18/h12-15,17,21H,3-11H2,1-2H3/t12-,13-,14-,15+,17?,18-,19+/m0/s1. The van der Waals surface area contributed by atoms with E-state index in [0.29, 0.717) is 23.0 Å². The monoisotopic (exact) mass is 290 g/mol. The van der Waals surface area contributed by atoms with Gasteiger partial charge in [-0.15, -0.1) is 0 Å². The van der Waals surface area contributed by atoms with Crippen molar-refractivity contribution in [1.29, 1.82) is 0 Å². The Morgan fingerprint density at radius 1 is 1.00 bits per heavy atom. The predicted octanol–water partition coefficient (Wildman–Crippen LogP) is 3.96. The van der Waals surface area contributed by atoms with Crippen molar-refractivity contribution in [2.75, 3.05) is 0 Å². The van der Waals surface area contributed by atoms with Crippen LogP contribution in [0.2, 0.25) is 0 Å². The lowest BCUT2D eigenvalue weighted by atomic mass is 9.44. The highest BCUT2D eigenvalue weighted by Gasteiger charge is 2.61. The molecule has 0 aliphatic heterocycles. The summed E-state index contributed by atoms with van der Waals surface area (Å²) in [6.45, 7) is 4.73. The second-order valence-electron chi connectivity index (χ2n) is 9.00. The highest BCUT2D eigenvalue weighted by Crippen LogP contribution is 2.65. The molecular formula is C19H30O2. The van der Waals surface area contributed by atoms with E-state index in [0.717, 1.165) is 31.6 Å². The maximum atomic E-state index is 12.8. The fraction of sp³-hybridized carbons (Fsp3) is 0.947. The maximum absolute atomic E-state index is 12.8. The third-order valence-corrected chi connectivity index (χ3v) is 8.28. The Morgan fingerprint density at radius 3 is 2.62 bits per heavy atom. The van der Waals surface area contributed by atoms with Crippen molar-refractivity contribution >= 4 is 5.78 Å². The number of carbonyl (C=O) groups is 1. The lowest BCUT2D eigenvalue weighted by Gasteiger charge is -2.60. The summed E-state index contributed by atoms with van der Waals surface area (Å²) in [5, 5.41) is 10.8. The zero-order chi connectivity index (χ0) is 14.8. The van der Waals surface area contributed by atoms with Crippen LogP contribution in [0, 0.1) is 34.5 Å². The normalized spacial score (nSPS) is 56.5. The number of hydrogen-bond acceptors (Lipinski definition) is 2. The van der Waals surface area contributed by atoms with Crippen LogP contribution in [0.15, 0.2) is 0 Å². The van der Waals surface area contributed by atoms with Crippen molar-refractivity contribution in [1.82, 2.24) is 0 Å². The number of hydrogen-bond donors (Lipinski definition) is 1. The molecule has 2 nitrogen and oxygen atoms in total. The summed E-state index contributed by atoms with van der Waals surface area (Å²) in [4.78, 5) is 12.8. The van der Waals surface area contributed by atoms with Gasteiger partial charge in [0.05, 0.1) is 6.10 Å². The summed E-state index contributed by atoms with van der Waals surface area (Å²) < 4.78 is 0. The molecule has 4 aliphatic rings. The van der Waals surface area contributed by atoms with Gasteiger partial charge in [0.2, 0.25) is 0 Å². The van der Waals surface area contributed by atoms with Crippen LogP contribution in [-0.4, -0.2) is 17.0 Å². The predicted molar refractivity (Wildman–Crippen MR) is 82.7 cm³/mol. The van der Waals surface area contributed by atoms with Gasteiger partial charge >= 0.3 is 0 Å². The molecule has 0 heterocycles. The van der Waals surface area contributed by atoms with Gasteiger partial charge in [0.1, 0.15) is 5.78 Å². The summed E-state index contributed by atoms with van der Waals surface area (Å²) in [7, 11) is 0. The van der Waals surface area contributed by atoms with Crippen molar-refractivity contribution in [3.63, 3.8) is 0 Å². The van der Waals surface area contributed by atoms with Crippen LogP contribution in [-0.2, 0) is 4.79 Å². The van der Waals surface area contributed by atoms with Crippen molar-refractivity contribution in [3.8, 4) is 0 Å². The Bertz CT molecular complexity index is 458. The van der Waals surface area contributed by atoms with E-state index in [4.69, 9.17) is 0 Å². The second kappa shape index (κ2) is 4.57. The molecule has 0 bridgehead atoms. The molecule has 0 amide bonds.